The van der Waals surface area contributed by atoms with Gasteiger partial charge in [0.25, 0.3) is 0 Å². The van der Waals surface area contributed by atoms with Crippen molar-refractivity contribution in [3.63, 3.8) is 0 Å². The summed E-state index contributed by atoms with van der Waals surface area (Å²) < 4.78 is 37.5. The van der Waals surface area contributed by atoms with E-state index in [9.17, 15) is 13.2 Å². The number of hydrogen-bond donors (Lipinski definition) is 2. The van der Waals surface area contributed by atoms with Crippen LogP contribution >= 0.6 is 24.8 Å². The molecule has 0 aliphatic heterocycles. The Labute approximate surface area is 130 Å². The fourth-order valence-corrected chi connectivity index (χ4v) is 1.69. The van der Waals surface area contributed by atoms with Crippen LogP contribution in [0.1, 0.15) is 38.2 Å². The summed E-state index contributed by atoms with van der Waals surface area (Å²) in [5.41, 5.74) is 5.57. The predicted octanol–water partition coefficient (Wildman–Crippen LogP) is 4.83. The lowest BCUT2D eigenvalue weighted by Gasteiger charge is -2.16. The highest BCUT2D eigenvalue weighted by molar-refractivity contribution is 5.85. The van der Waals surface area contributed by atoms with Crippen LogP contribution in [0.2, 0.25) is 0 Å². The third-order valence-electron chi connectivity index (χ3n) is 2.66. The molecule has 2 nitrogen and oxygen atoms in total. The molecule has 1 aromatic carbocycles. The first-order chi connectivity index (χ1) is 8.43. The Hall–Kier alpha value is -0.650. The molecule has 0 amide bonds. The largest absolute Gasteiger partial charge is 0.416 e. The summed E-state index contributed by atoms with van der Waals surface area (Å²) in [5.74, 6) is 0. The molecule has 7 heteroatoms. The molecule has 0 aliphatic carbocycles. The molecule has 1 aromatic rings. The summed E-state index contributed by atoms with van der Waals surface area (Å²) in [5, 5.41) is 2.89. The summed E-state index contributed by atoms with van der Waals surface area (Å²) in [6, 6.07) is 5.10. The van der Waals surface area contributed by atoms with Crippen molar-refractivity contribution >= 4 is 30.5 Å². The molecule has 20 heavy (non-hydrogen) atoms. The molecular weight excluding hydrogens is 312 g/mol. The van der Waals surface area contributed by atoms with E-state index >= 15 is 0 Å². The Kier molecular flexibility index (Phi) is 11.0. The number of unbranched alkanes of at least 4 members (excludes halogenated alkanes) is 2. The first kappa shape index (κ1) is 21.6. The van der Waals surface area contributed by atoms with E-state index in [1.165, 1.54) is 6.07 Å². The fourth-order valence-electron chi connectivity index (χ4n) is 1.69. The lowest BCUT2D eigenvalue weighted by Crippen LogP contribution is -2.29. The number of nitrogens with one attached hydrogen (secondary N) is 1. The zero-order valence-corrected chi connectivity index (χ0v) is 12.9. The van der Waals surface area contributed by atoms with Gasteiger partial charge in [0.2, 0.25) is 0 Å². The van der Waals surface area contributed by atoms with E-state index in [2.05, 4.69) is 12.2 Å². The van der Waals surface area contributed by atoms with Gasteiger partial charge < -0.3 is 11.1 Å². The molecule has 0 spiro atoms. The van der Waals surface area contributed by atoms with Gasteiger partial charge in [0.15, 0.2) is 0 Å². The van der Waals surface area contributed by atoms with Gasteiger partial charge in [0.1, 0.15) is 0 Å². The van der Waals surface area contributed by atoms with Gasteiger partial charge >= 0.3 is 6.18 Å². The van der Waals surface area contributed by atoms with Gasteiger partial charge in [0, 0.05) is 5.69 Å². The Bertz CT molecular complexity index is 373. The standard InChI is InChI=1S/C13H19F3N2.2ClH/c1-2-3-4-8-12(17)18-11-7-5-6-10(9-11)13(14,15)16;;/h5-7,9,12,18H,2-4,8,17H2,1H3;2*1H. The van der Waals surface area contributed by atoms with Crippen molar-refractivity contribution in [1.29, 1.82) is 0 Å². The Balaban J connectivity index is 0. The van der Waals surface area contributed by atoms with Crippen LogP contribution in [0, 0.1) is 0 Å². The monoisotopic (exact) mass is 332 g/mol. The Morgan fingerprint density at radius 1 is 1.20 bits per heavy atom. The molecule has 0 radical (unpaired) electrons. The van der Waals surface area contributed by atoms with Crippen LogP contribution in [0.3, 0.4) is 0 Å². The van der Waals surface area contributed by atoms with Crippen LogP contribution < -0.4 is 11.1 Å². The molecule has 0 fully saturated rings. The van der Waals surface area contributed by atoms with Gasteiger partial charge in [-0.05, 0) is 24.6 Å². The summed E-state index contributed by atoms with van der Waals surface area (Å²) >= 11 is 0. The Morgan fingerprint density at radius 3 is 2.40 bits per heavy atom. The second kappa shape index (κ2) is 10.1. The number of halogens is 5. The maximum atomic E-state index is 12.5. The second-order valence-electron chi connectivity index (χ2n) is 4.33. The molecule has 0 aromatic heterocycles. The fraction of sp³-hybridized carbons (Fsp3) is 0.538. The number of anilines is 1. The van der Waals surface area contributed by atoms with E-state index in [0.29, 0.717) is 5.69 Å². The van der Waals surface area contributed by atoms with Crippen LogP contribution in [0.15, 0.2) is 24.3 Å². The maximum Gasteiger partial charge on any atom is 0.416 e. The smallest absolute Gasteiger partial charge is 0.370 e. The zero-order valence-electron chi connectivity index (χ0n) is 11.2. The van der Waals surface area contributed by atoms with Gasteiger partial charge in [0.05, 0.1) is 11.7 Å². The van der Waals surface area contributed by atoms with E-state index in [1.807, 2.05) is 0 Å². The lowest BCUT2D eigenvalue weighted by atomic mass is 10.1. The maximum absolute atomic E-state index is 12.5. The van der Waals surface area contributed by atoms with Crippen molar-refractivity contribution in [2.75, 3.05) is 5.32 Å². The summed E-state index contributed by atoms with van der Waals surface area (Å²) in [6.45, 7) is 2.09. The average Bonchev–Trinajstić information content (AvgIpc) is 2.28. The molecular formula is C13H21Cl2F3N2. The lowest BCUT2D eigenvalue weighted by molar-refractivity contribution is -0.137. The highest BCUT2D eigenvalue weighted by Crippen LogP contribution is 2.30. The van der Waals surface area contributed by atoms with Gasteiger partial charge in [-0.3, -0.25) is 0 Å². The average molecular weight is 333 g/mol. The third kappa shape index (κ3) is 7.82. The zero-order chi connectivity index (χ0) is 13.6. The first-order valence-corrected chi connectivity index (χ1v) is 6.13. The second-order valence-corrected chi connectivity index (χ2v) is 4.33. The highest BCUT2D eigenvalue weighted by atomic mass is 35.5. The molecule has 1 rings (SSSR count). The highest BCUT2D eigenvalue weighted by Gasteiger charge is 2.30. The minimum Gasteiger partial charge on any atom is -0.370 e. The quantitative estimate of drug-likeness (QED) is 0.578. The number of alkyl halides is 3. The van der Waals surface area contributed by atoms with Crippen molar-refractivity contribution in [2.24, 2.45) is 5.73 Å². The molecule has 0 aliphatic rings. The normalized spacial score (nSPS) is 12.1. The van der Waals surface area contributed by atoms with E-state index in [0.717, 1.165) is 37.8 Å². The summed E-state index contributed by atoms with van der Waals surface area (Å²) in [4.78, 5) is 0. The predicted molar refractivity (Wildman–Crippen MR) is 81.7 cm³/mol. The minimum absolute atomic E-state index is 0. The molecule has 1 atom stereocenters. The SMILES string of the molecule is CCCCCC(N)Nc1cccc(C(F)(F)F)c1.Cl.Cl. The number of benzene rings is 1. The Morgan fingerprint density at radius 2 is 1.85 bits per heavy atom. The molecule has 3 N–H and O–H groups in total. The van der Waals surface area contributed by atoms with Gasteiger partial charge in [-0.15, -0.1) is 24.8 Å². The van der Waals surface area contributed by atoms with Crippen LogP contribution in [0.4, 0.5) is 18.9 Å². The van der Waals surface area contributed by atoms with Gasteiger partial charge in [-0.2, -0.15) is 13.2 Å². The van der Waals surface area contributed by atoms with Crippen LogP contribution in [-0.2, 0) is 6.18 Å². The van der Waals surface area contributed by atoms with Crippen molar-refractivity contribution in [3.05, 3.63) is 29.8 Å². The van der Waals surface area contributed by atoms with Crippen molar-refractivity contribution in [1.82, 2.24) is 0 Å². The molecule has 1 unspecified atom stereocenters. The minimum atomic E-state index is -4.32. The van der Waals surface area contributed by atoms with Crippen molar-refractivity contribution < 1.29 is 13.2 Å². The van der Waals surface area contributed by atoms with Crippen molar-refractivity contribution in [3.8, 4) is 0 Å². The summed E-state index contributed by atoms with van der Waals surface area (Å²) in [7, 11) is 0. The summed E-state index contributed by atoms with van der Waals surface area (Å²) in [6.07, 6.45) is -0.716. The number of nitrogens with two attached hydrogens (primary N) is 1. The molecule has 0 saturated carbocycles. The first-order valence-electron chi connectivity index (χ1n) is 6.13. The third-order valence-corrected chi connectivity index (χ3v) is 2.66. The number of rotatable bonds is 6. The topological polar surface area (TPSA) is 38.0 Å². The molecule has 0 heterocycles. The molecule has 0 saturated heterocycles. The van der Waals surface area contributed by atoms with E-state index in [4.69, 9.17) is 5.73 Å². The molecule has 118 valence electrons. The van der Waals surface area contributed by atoms with Crippen LogP contribution in [0.25, 0.3) is 0 Å². The van der Waals surface area contributed by atoms with Crippen LogP contribution in [0.5, 0.6) is 0 Å². The van der Waals surface area contributed by atoms with E-state index in [1.54, 1.807) is 6.07 Å². The van der Waals surface area contributed by atoms with E-state index < -0.39 is 11.7 Å². The molecule has 0 bridgehead atoms. The van der Waals surface area contributed by atoms with E-state index in [-0.39, 0.29) is 31.0 Å². The van der Waals surface area contributed by atoms with Crippen molar-refractivity contribution in [2.45, 2.75) is 44.9 Å². The van der Waals surface area contributed by atoms with Crippen LogP contribution in [-0.4, -0.2) is 6.17 Å². The van der Waals surface area contributed by atoms with Gasteiger partial charge in [-0.25, -0.2) is 0 Å². The van der Waals surface area contributed by atoms with Gasteiger partial charge in [-0.1, -0.05) is 32.3 Å². The number of hydrogen-bond acceptors (Lipinski definition) is 2.